The van der Waals surface area contributed by atoms with Gasteiger partial charge in [-0.15, -0.1) is 0 Å². The van der Waals surface area contributed by atoms with Crippen LogP contribution >= 0.6 is 0 Å². The molecule has 0 aliphatic rings. The summed E-state index contributed by atoms with van der Waals surface area (Å²) in [7, 11) is 0. The van der Waals surface area contributed by atoms with E-state index in [1.807, 2.05) is 12.1 Å². The first-order valence-electron chi connectivity index (χ1n) is 5.16. The summed E-state index contributed by atoms with van der Waals surface area (Å²) in [5.41, 5.74) is 3.03. The Bertz CT molecular complexity index is 541. The van der Waals surface area contributed by atoms with Crippen LogP contribution in [0.25, 0.3) is 10.9 Å². The molecule has 2 nitrogen and oxygen atoms in total. The zero-order chi connectivity index (χ0) is 11.0. The minimum Gasteiger partial charge on any atom is -0.341 e. The van der Waals surface area contributed by atoms with E-state index in [0.717, 1.165) is 16.5 Å². The maximum atomic E-state index is 9.09. The Morgan fingerprint density at radius 3 is 2.67 bits per heavy atom. The summed E-state index contributed by atoms with van der Waals surface area (Å²) in [6, 6.07) is 10.6. The molecule has 2 rings (SSSR count). The Labute approximate surface area is 89.7 Å². The summed E-state index contributed by atoms with van der Waals surface area (Å²) in [4.78, 5) is 0. The summed E-state index contributed by atoms with van der Waals surface area (Å²) in [5.74, 6) is 0. The fraction of sp³-hybridized carbons (Fsp3) is 0.308. The molecule has 2 aromatic rings. The number of rotatable bonds is 1. The van der Waals surface area contributed by atoms with Crippen LogP contribution in [0.2, 0.25) is 0 Å². The van der Waals surface area contributed by atoms with E-state index < -0.39 is 0 Å². The minimum absolute atomic E-state index is 0.386. The van der Waals surface area contributed by atoms with Crippen molar-refractivity contribution in [3.8, 4) is 6.07 Å². The van der Waals surface area contributed by atoms with Crippen molar-refractivity contribution >= 4 is 10.9 Å². The van der Waals surface area contributed by atoms with Gasteiger partial charge in [0, 0.05) is 17.1 Å². The van der Waals surface area contributed by atoms with E-state index in [2.05, 4.69) is 43.5 Å². The first kappa shape index (κ1) is 9.79. The lowest BCUT2D eigenvalue weighted by Gasteiger charge is -2.12. The van der Waals surface area contributed by atoms with E-state index in [1.165, 1.54) is 5.69 Å². The van der Waals surface area contributed by atoms with Crippen molar-refractivity contribution in [2.45, 2.75) is 26.8 Å². The largest absolute Gasteiger partial charge is 0.341 e. The summed E-state index contributed by atoms with van der Waals surface area (Å²) in [6.45, 7) is 6.36. The van der Waals surface area contributed by atoms with Crippen LogP contribution in [0.1, 0.15) is 31.1 Å². The summed E-state index contributed by atoms with van der Waals surface area (Å²) < 4.78 is 2.22. The third-order valence-corrected chi connectivity index (χ3v) is 2.69. The van der Waals surface area contributed by atoms with Crippen LogP contribution < -0.4 is 0 Å². The lowest BCUT2D eigenvalue weighted by atomic mass is 10.1. The van der Waals surface area contributed by atoms with Crippen LogP contribution in [-0.4, -0.2) is 4.57 Å². The van der Waals surface area contributed by atoms with Crippen LogP contribution in [0.15, 0.2) is 24.3 Å². The molecule has 0 fully saturated rings. The zero-order valence-electron chi connectivity index (χ0n) is 9.28. The van der Waals surface area contributed by atoms with E-state index in [9.17, 15) is 0 Å². The number of hydrogen-bond acceptors (Lipinski definition) is 1. The molecule has 76 valence electrons. The Hall–Kier alpha value is -1.75. The molecule has 1 heterocycles. The van der Waals surface area contributed by atoms with Gasteiger partial charge in [-0.3, -0.25) is 0 Å². The highest BCUT2D eigenvalue weighted by Gasteiger charge is 2.11. The predicted octanol–water partition coefficient (Wildman–Crippen LogP) is 3.40. The molecule has 2 heteroatoms. The van der Waals surface area contributed by atoms with Crippen molar-refractivity contribution in [1.82, 2.24) is 4.57 Å². The van der Waals surface area contributed by atoms with Gasteiger partial charge in [0.2, 0.25) is 0 Å². The van der Waals surface area contributed by atoms with Crippen LogP contribution in [-0.2, 0) is 0 Å². The minimum atomic E-state index is 0.386. The molecule has 0 unspecified atom stereocenters. The van der Waals surface area contributed by atoms with E-state index >= 15 is 0 Å². The van der Waals surface area contributed by atoms with Gasteiger partial charge >= 0.3 is 0 Å². The van der Waals surface area contributed by atoms with Gasteiger partial charge in [0.25, 0.3) is 0 Å². The van der Waals surface area contributed by atoms with Crippen molar-refractivity contribution in [1.29, 1.82) is 5.26 Å². The molecule has 0 bridgehead atoms. The van der Waals surface area contributed by atoms with Gasteiger partial charge in [-0.25, -0.2) is 0 Å². The summed E-state index contributed by atoms with van der Waals surface area (Å²) in [5, 5.41) is 10.2. The lowest BCUT2D eigenvalue weighted by molar-refractivity contribution is 0.607. The SMILES string of the molecule is Cc1cc2cccc(C#N)c2n1C(C)C. The molecule has 0 aliphatic carbocycles. The van der Waals surface area contributed by atoms with Crippen LogP contribution in [0, 0.1) is 18.3 Å². The Kier molecular flexibility index (Phi) is 2.24. The van der Waals surface area contributed by atoms with Crippen molar-refractivity contribution in [3.63, 3.8) is 0 Å². The number of nitrogens with zero attached hydrogens (tertiary/aromatic N) is 2. The second-order valence-corrected chi connectivity index (χ2v) is 4.10. The third kappa shape index (κ3) is 1.41. The average Bonchev–Trinajstić information content (AvgIpc) is 2.53. The first-order valence-corrected chi connectivity index (χ1v) is 5.16. The van der Waals surface area contributed by atoms with Gasteiger partial charge in [0.15, 0.2) is 0 Å². The normalized spacial score (nSPS) is 10.9. The molecule has 0 N–H and O–H groups in total. The summed E-state index contributed by atoms with van der Waals surface area (Å²) >= 11 is 0. The fourth-order valence-corrected chi connectivity index (χ4v) is 2.17. The standard InChI is InChI=1S/C13H14N2/c1-9(2)15-10(3)7-11-5-4-6-12(8-14)13(11)15/h4-7,9H,1-3H3. The molecule has 0 atom stereocenters. The number of benzene rings is 1. The van der Waals surface area contributed by atoms with E-state index in [1.54, 1.807) is 0 Å². The Morgan fingerprint density at radius 2 is 2.07 bits per heavy atom. The van der Waals surface area contributed by atoms with Crippen LogP contribution in [0.3, 0.4) is 0 Å². The third-order valence-electron chi connectivity index (χ3n) is 2.69. The maximum absolute atomic E-state index is 9.09. The molecule has 0 spiro atoms. The molecule has 1 aromatic carbocycles. The lowest BCUT2D eigenvalue weighted by Crippen LogP contribution is -2.03. The molecule has 1 aromatic heterocycles. The number of nitriles is 1. The maximum Gasteiger partial charge on any atom is 0.101 e. The number of aromatic nitrogens is 1. The second-order valence-electron chi connectivity index (χ2n) is 4.10. The topological polar surface area (TPSA) is 28.7 Å². The quantitative estimate of drug-likeness (QED) is 0.690. The molecule has 0 aliphatic heterocycles. The molecule has 0 saturated carbocycles. The van der Waals surface area contributed by atoms with Gasteiger partial charge in [-0.05, 0) is 32.9 Å². The number of fused-ring (bicyclic) bond motifs is 1. The van der Waals surface area contributed by atoms with Crippen molar-refractivity contribution in [3.05, 3.63) is 35.5 Å². The van der Waals surface area contributed by atoms with Crippen molar-refractivity contribution < 1.29 is 0 Å². The molecule has 15 heavy (non-hydrogen) atoms. The molecular weight excluding hydrogens is 184 g/mol. The van der Waals surface area contributed by atoms with E-state index in [0.29, 0.717) is 6.04 Å². The zero-order valence-corrected chi connectivity index (χ0v) is 9.28. The predicted molar refractivity (Wildman–Crippen MR) is 61.8 cm³/mol. The molecule has 0 radical (unpaired) electrons. The van der Waals surface area contributed by atoms with Gasteiger partial charge in [0.05, 0.1) is 11.1 Å². The number of para-hydroxylation sites is 1. The fourth-order valence-electron chi connectivity index (χ4n) is 2.17. The van der Waals surface area contributed by atoms with Crippen LogP contribution in [0.5, 0.6) is 0 Å². The van der Waals surface area contributed by atoms with Gasteiger partial charge in [-0.2, -0.15) is 5.26 Å². The van der Waals surface area contributed by atoms with Gasteiger partial charge in [-0.1, -0.05) is 12.1 Å². The number of aryl methyl sites for hydroxylation is 1. The highest BCUT2D eigenvalue weighted by atomic mass is 15.0. The Morgan fingerprint density at radius 1 is 1.33 bits per heavy atom. The van der Waals surface area contributed by atoms with Gasteiger partial charge in [0.1, 0.15) is 6.07 Å². The molecule has 0 amide bonds. The van der Waals surface area contributed by atoms with Crippen LogP contribution in [0.4, 0.5) is 0 Å². The van der Waals surface area contributed by atoms with Gasteiger partial charge < -0.3 is 4.57 Å². The van der Waals surface area contributed by atoms with Crippen molar-refractivity contribution in [2.24, 2.45) is 0 Å². The average molecular weight is 198 g/mol. The number of hydrogen-bond donors (Lipinski definition) is 0. The first-order chi connectivity index (χ1) is 7.15. The highest BCUT2D eigenvalue weighted by molar-refractivity contribution is 5.86. The Balaban J connectivity index is 2.90. The highest BCUT2D eigenvalue weighted by Crippen LogP contribution is 2.26. The molecular formula is C13H14N2. The molecule has 0 saturated heterocycles. The second kappa shape index (κ2) is 3.43. The van der Waals surface area contributed by atoms with Crippen molar-refractivity contribution in [2.75, 3.05) is 0 Å². The van der Waals surface area contributed by atoms with E-state index in [4.69, 9.17) is 5.26 Å². The smallest absolute Gasteiger partial charge is 0.101 e. The monoisotopic (exact) mass is 198 g/mol. The van der Waals surface area contributed by atoms with E-state index in [-0.39, 0.29) is 0 Å². The summed E-state index contributed by atoms with van der Waals surface area (Å²) in [6.07, 6.45) is 0.